The minimum atomic E-state index is -0.597. The minimum absolute atomic E-state index is 0.119. The second kappa shape index (κ2) is 8.52. The lowest BCUT2D eigenvalue weighted by Gasteiger charge is -2.21. The summed E-state index contributed by atoms with van der Waals surface area (Å²) in [6.07, 6.45) is 3.92. The van der Waals surface area contributed by atoms with Crippen LogP contribution in [0.15, 0.2) is 24.8 Å². The highest BCUT2D eigenvalue weighted by Gasteiger charge is 2.12. The third kappa shape index (κ3) is 7.30. The molecule has 0 aromatic heterocycles. The quantitative estimate of drug-likeness (QED) is 0.289. The molecule has 1 unspecified atom stereocenters. The molecule has 1 atom stereocenters. The molecular formula is C12H19NO4. The number of rotatable bonds is 7. The lowest BCUT2D eigenvalue weighted by atomic mass is 10.4. The van der Waals surface area contributed by atoms with Crippen LogP contribution < -0.4 is 0 Å². The molecule has 0 saturated heterocycles. The van der Waals surface area contributed by atoms with Gasteiger partial charge in [-0.15, -0.1) is 0 Å². The molecule has 0 rings (SSSR count). The highest BCUT2D eigenvalue weighted by molar-refractivity contribution is 5.91. The zero-order valence-electron chi connectivity index (χ0n) is 10.5. The van der Waals surface area contributed by atoms with Gasteiger partial charge in [0.15, 0.2) is 6.23 Å². The van der Waals surface area contributed by atoms with Gasteiger partial charge in [0.25, 0.3) is 0 Å². The first kappa shape index (κ1) is 15.4. The summed E-state index contributed by atoms with van der Waals surface area (Å²) in [5.41, 5.74) is 0. The molecule has 96 valence electrons. The summed E-state index contributed by atoms with van der Waals surface area (Å²) >= 11 is 0. The Kier molecular flexibility index (Phi) is 7.71. The SMILES string of the molecule is C=CCOC(=O)/C=C\C(=O)OC(CC)N(C)C. The van der Waals surface area contributed by atoms with Crippen molar-refractivity contribution in [2.45, 2.75) is 19.6 Å². The predicted octanol–water partition coefficient (Wildman–Crippen LogP) is 1.11. The summed E-state index contributed by atoms with van der Waals surface area (Å²) in [6.45, 7) is 5.42. The van der Waals surface area contributed by atoms with Gasteiger partial charge in [0.1, 0.15) is 6.61 Å². The number of carbonyl (C=O) groups excluding carboxylic acids is 2. The van der Waals surface area contributed by atoms with Crippen LogP contribution in [0.4, 0.5) is 0 Å². The Balaban J connectivity index is 4.11. The van der Waals surface area contributed by atoms with E-state index in [0.717, 1.165) is 12.2 Å². The maximum Gasteiger partial charge on any atom is 0.332 e. The number of carbonyl (C=O) groups is 2. The lowest BCUT2D eigenvalue weighted by molar-refractivity contribution is -0.151. The zero-order chi connectivity index (χ0) is 13.3. The standard InChI is InChI=1S/C12H19NO4/c1-5-9-16-11(14)7-8-12(15)17-10(6-2)13(3)4/h5,7-8,10H,1,6,9H2,2-4H3/b8-7-. The molecule has 0 aliphatic carbocycles. The van der Waals surface area contributed by atoms with Gasteiger partial charge in [0, 0.05) is 12.2 Å². The van der Waals surface area contributed by atoms with Crippen molar-refractivity contribution < 1.29 is 19.1 Å². The fourth-order valence-corrected chi connectivity index (χ4v) is 1.05. The molecule has 0 aromatic rings. The Bertz CT molecular complexity index is 297. The molecule has 0 heterocycles. The molecule has 0 spiro atoms. The fraction of sp³-hybridized carbons (Fsp3) is 0.500. The smallest absolute Gasteiger partial charge is 0.332 e. The third-order valence-electron chi connectivity index (χ3n) is 1.88. The fourth-order valence-electron chi connectivity index (χ4n) is 1.05. The van der Waals surface area contributed by atoms with Crippen LogP contribution in [0.5, 0.6) is 0 Å². The second-order valence-corrected chi connectivity index (χ2v) is 3.52. The average Bonchev–Trinajstić information content (AvgIpc) is 2.30. The first-order valence-corrected chi connectivity index (χ1v) is 5.34. The maximum atomic E-state index is 11.3. The van der Waals surface area contributed by atoms with E-state index in [0.29, 0.717) is 6.42 Å². The van der Waals surface area contributed by atoms with Crippen LogP contribution in [-0.2, 0) is 19.1 Å². The maximum absolute atomic E-state index is 11.3. The molecular weight excluding hydrogens is 222 g/mol. The molecule has 0 bridgehead atoms. The Labute approximate surface area is 102 Å². The van der Waals surface area contributed by atoms with Crippen LogP contribution in [0, 0.1) is 0 Å². The van der Waals surface area contributed by atoms with Gasteiger partial charge in [0.05, 0.1) is 0 Å². The van der Waals surface area contributed by atoms with Crippen LogP contribution in [0.1, 0.15) is 13.3 Å². The molecule has 0 radical (unpaired) electrons. The molecule has 5 heteroatoms. The molecule has 5 nitrogen and oxygen atoms in total. The molecule has 17 heavy (non-hydrogen) atoms. The zero-order valence-corrected chi connectivity index (χ0v) is 10.5. The minimum Gasteiger partial charge on any atom is -0.458 e. The lowest BCUT2D eigenvalue weighted by Crippen LogP contribution is -2.31. The van der Waals surface area contributed by atoms with Gasteiger partial charge in [-0.25, -0.2) is 9.59 Å². The molecule has 0 N–H and O–H groups in total. The van der Waals surface area contributed by atoms with E-state index < -0.39 is 11.9 Å². The summed E-state index contributed by atoms with van der Waals surface area (Å²) in [4.78, 5) is 24.1. The van der Waals surface area contributed by atoms with E-state index in [-0.39, 0.29) is 12.8 Å². The van der Waals surface area contributed by atoms with E-state index >= 15 is 0 Å². The average molecular weight is 241 g/mol. The molecule has 0 amide bonds. The van der Waals surface area contributed by atoms with Gasteiger partial charge < -0.3 is 9.47 Å². The van der Waals surface area contributed by atoms with Crippen LogP contribution in [0.3, 0.4) is 0 Å². The van der Waals surface area contributed by atoms with E-state index in [4.69, 9.17) is 4.74 Å². The van der Waals surface area contributed by atoms with Crippen LogP contribution in [0.25, 0.3) is 0 Å². The molecule has 0 saturated carbocycles. The Morgan fingerprint density at radius 1 is 1.29 bits per heavy atom. The summed E-state index contributed by atoms with van der Waals surface area (Å²) in [7, 11) is 3.62. The third-order valence-corrected chi connectivity index (χ3v) is 1.88. The van der Waals surface area contributed by atoms with Crippen molar-refractivity contribution in [1.29, 1.82) is 0 Å². The van der Waals surface area contributed by atoms with Crippen LogP contribution in [0.2, 0.25) is 0 Å². The first-order valence-electron chi connectivity index (χ1n) is 5.34. The van der Waals surface area contributed by atoms with Gasteiger partial charge in [-0.2, -0.15) is 0 Å². The topological polar surface area (TPSA) is 55.8 Å². The second-order valence-electron chi connectivity index (χ2n) is 3.52. The van der Waals surface area contributed by atoms with Crippen LogP contribution in [-0.4, -0.2) is 43.8 Å². The molecule has 0 aromatic carbocycles. The largest absolute Gasteiger partial charge is 0.458 e. The summed E-state index contributed by atoms with van der Waals surface area (Å²) in [6, 6.07) is 0. The molecule has 0 aliphatic rings. The van der Waals surface area contributed by atoms with Crippen molar-refractivity contribution in [3.63, 3.8) is 0 Å². The van der Waals surface area contributed by atoms with Crippen molar-refractivity contribution in [3.8, 4) is 0 Å². The number of hydrogen-bond acceptors (Lipinski definition) is 5. The number of esters is 2. The van der Waals surface area contributed by atoms with Gasteiger partial charge in [0.2, 0.25) is 0 Å². The normalized spacial score (nSPS) is 12.5. The summed E-state index contributed by atoms with van der Waals surface area (Å²) < 4.78 is 9.75. The van der Waals surface area contributed by atoms with Crippen LogP contribution >= 0.6 is 0 Å². The van der Waals surface area contributed by atoms with Gasteiger partial charge in [-0.05, 0) is 20.5 Å². The monoisotopic (exact) mass is 241 g/mol. The van der Waals surface area contributed by atoms with E-state index in [1.807, 2.05) is 21.0 Å². The van der Waals surface area contributed by atoms with E-state index in [2.05, 4.69) is 11.3 Å². The van der Waals surface area contributed by atoms with Crippen molar-refractivity contribution >= 4 is 11.9 Å². The van der Waals surface area contributed by atoms with Gasteiger partial charge in [-0.3, -0.25) is 4.90 Å². The number of ether oxygens (including phenoxy) is 2. The summed E-state index contributed by atoms with van der Waals surface area (Å²) in [5.74, 6) is -1.17. The van der Waals surface area contributed by atoms with E-state index in [9.17, 15) is 9.59 Å². The van der Waals surface area contributed by atoms with Crippen molar-refractivity contribution in [2.75, 3.05) is 20.7 Å². The Morgan fingerprint density at radius 3 is 2.35 bits per heavy atom. The number of hydrogen-bond donors (Lipinski definition) is 0. The summed E-state index contributed by atoms with van der Waals surface area (Å²) in [5, 5.41) is 0. The highest BCUT2D eigenvalue weighted by Crippen LogP contribution is 2.01. The first-order chi connectivity index (χ1) is 8.01. The number of nitrogens with zero attached hydrogens (tertiary/aromatic N) is 1. The van der Waals surface area contributed by atoms with E-state index in [1.54, 1.807) is 4.90 Å². The van der Waals surface area contributed by atoms with Gasteiger partial charge in [-0.1, -0.05) is 19.6 Å². The highest BCUT2D eigenvalue weighted by atomic mass is 16.6. The molecule has 0 aliphatic heterocycles. The predicted molar refractivity (Wildman–Crippen MR) is 64.2 cm³/mol. The van der Waals surface area contributed by atoms with Crippen molar-refractivity contribution in [1.82, 2.24) is 4.90 Å². The Hall–Kier alpha value is -1.62. The molecule has 0 fully saturated rings. The van der Waals surface area contributed by atoms with Crippen molar-refractivity contribution in [3.05, 3.63) is 24.8 Å². The van der Waals surface area contributed by atoms with Crippen molar-refractivity contribution in [2.24, 2.45) is 0 Å². The van der Waals surface area contributed by atoms with E-state index in [1.165, 1.54) is 6.08 Å². The van der Waals surface area contributed by atoms with Gasteiger partial charge >= 0.3 is 11.9 Å². The Morgan fingerprint density at radius 2 is 1.88 bits per heavy atom.